The van der Waals surface area contributed by atoms with Crippen LogP contribution in [0.25, 0.3) is 33.7 Å². The van der Waals surface area contributed by atoms with Gasteiger partial charge in [-0.3, -0.25) is 9.69 Å². The molecule has 3 heterocycles. The summed E-state index contributed by atoms with van der Waals surface area (Å²) in [6.45, 7) is 3.42. The molecule has 1 fully saturated rings. The SMILES string of the molecule is COc1cc(OC)c2c(=O)[nH]c(-c3ccc(OCCN4CCCC4)c(-c4ccc(S(C)(=O)=O)cc4)n3)nc2c1.Cl. The van der Waals surface area contributed by atoms with Crippen LogP contribution in [0.2, 0.25) is 0 Å². The van der Waals surface area contributed by atoms with Gasteiger partial charge in [-0.25, -0.2) is 18.4 Å². The van der Waals surface area contributed by atoms with Crippen LogP contribution in [0.4, 0.5) is 0 Å². The number of fused-ring (bicyclic) bond motifs is 1. The highest BCUT2D eigenvalue weighted by Gasteiger charge is 2.18. The molecule has 2 aromatic heterocycles. The van der Waals surface area contributed by atoms with Crippen molar-refractivity contribution in [1.29, 1.82) is 0 Å². The number of pyridine rings is 1. The third-order valence-corrected chi connectivity index (χ3v) is 7.85. The van der Waals surface area contributed by atoms with Gasteiger partial charge < -0.3 is 19.2 Å². The van der Waals surface area contributed by atoms with E-state index in [9.17, 15) is 13.2 Å². The Balaban J connectivity index is 0.00000370. The van der Waals surface area contributed by atoms with Crippen molar-refractivity contribution in [2.24, 2.45) is 0 Å². The number of likely N-dealkylation sites (tertiary alicyclic amines) is 1. The minimum Gasteiger partial charge on any atom is -0.497 e. The maximum absolute atomic E-state index is 13.0. The highest BCUT2D eigenvalue weighted by Crippen LogP contribution is 2.33. The largest absolute Gasteiger partial charge is 0.497 e. The number of nitrogens with zero attached hydrogens (tertiary/aromatic N) is 3. The van der Waals surface area contributed by atoms with Gasteiger partial charge in [-0.15, -0.1) is 12.4 Å². The lowest BCUT2D eigenvalue weighted by Crippen LogP contribution is -2.25. The van der Waals surface area contributed by atoms with Gasteiger partial charge in [0.25, 0.3) is 5.56 Å². The van der Waals surface area contributed by atoms with E-state index in [0.29, 0.717) is 51.7 Å². The molecule has 40 heavy (non-hydrogen) atoms. The number of rotatable bonds is 9. The summed E-state index contributed by atoms with van der Waals surface area (Å²) < 4.78 is 40.8. The minimum absolute atomic E-state index is 0. The molecule has 0 aliphatic carbocycles. The number of sulfone groups is 1. The molecule has 4 aromatic rings. The first-order chi connectivity index (χ1) is 18.8. The van der Waals surface area contributed by atoms with Crippen LogP contribution >= 0.6 is 12.4 Å². The maximum atomic E-state index is 13.0. The summed E-state index contributed by atoms with van der Waals surface area (Å²) in [6.07, 6.45) is 3.56. The monoisotopic (exact) mass is 586 g/mol. The van der Waals surface area contributed by atoms with Crippen molar-refractivity contribution in [1.82, 2.24) is 19.9 Å². The van der Waals surface area contributed by atoms with Crippen molar-refractivity contribution in [3.8, 4) is 40.0 Å². The maximum Gasteiger partial charge on any atom is 0.262 e. The summed E-state index contributed by atoms with van der Waals surface area (Å²) in [5.74, 6) is 1.67. The Bertz CT molecular complexity index is 1670. The molecule has 12 heteroatoms. The number of hydrogen-bond acceptors (Lipinski definition) is 9. The molecule has 0 spiro atoms. The van der Waals surface area contributed by atoms with E-state index in [1.165, 1.54) is 33.3 Å². The Kier molecular flexibility index (Phi) is 8.97. The lowest BCUT2D eigenvalue weighted by atomic mass is 10.1. The summed E-state index contributed by atoms with van der Waals surface area (Å²) in [5, 5.41) is 0.306. The summed E-state index contributed by atoms with van der Waals surface area (Å²) in [6, 6.07) is 13.3. The van der Waals surface area contributed by atoms with Gasteiger partial charge in [-0.05, 0) is 50.2 Å². The van der Waals surface area contributed by atoms with E-state index in [2.05, 4.69) is 14.9 Å². The van der Waals surface area contributed by atoms with Gasteiger partial charge in [0.2, 0.25) is 0 Å². The molecule has 0 bridgehead atoms. The molecule has 1 saturated heterocycles. The number of aromatic nitrogens is 3. The highest BCUT2D eigenvalue weighted by molar-refractivity contribution is 7.90. The third kappa shape index (κ3) is 6.22. The molecule has 5 rings (SSSR count). The molecule has 1 aliphatic heterocycles. The minimum atomic E-state index is -3.35. The summed E-state index contributed by atoms with van der Waals surface area (Å²) in [4.78, 5) is 27.9. The molecule has 10 nitrogen and oxygen atoms in total. The van der Waals surface area contributed by atoms with Gasteiger partial charge in [0.1, 0.15) is 40.6 Å². The highest BCUT2D eigenvalue weighted by atomic mass is 35.5. The van der Waals surface area contributed by atoms with Crippen LogP contribution in [0.15, 0.2) is 58.2 Å². The normalized spacial score (nSPS) is 13.7. The fourth-order valence-corrected chi connectivity index (χ4v) is 5.29. The Morgan fingerprint density at radius 1 is 0.950 bits per heavy atom. The Morgan fingerprint density at radius 2 is 1.68 bits per heavy atom. The summed E-state index contributed by atoms with van der Waals surface area (Å²) >= 11 is 0. The first kappa shape index (κ1) is 29.3. The van der Waals surface area contributed by atoms with Crippen molar-refractivity contribution >= 4 is 33.1 Å². The molecular weight excluding hydrogens is 556 g/mol. The first-order valence-corrected chi connectivity index (χ1v) is 14.5. The van der Waals surface area contributed by atoms with E-state index in [-0.39, 0.29) is 28.7 Å². The van der Waals surface area contributed by atoms with Crippen molar-refractivity contribution < 1.29 is 22.6 Å². The molecule has 0 saturated carbocycles. The molecule has 1 N–H and O–H groups in total. The predicted octanol–water partition coefficient (Wildman–Crippen LogP) is 3.97. The number of hydrogen-bond donors (Lipinski definition) is 1. The van der Waals surface area contributed by atoms with Crippen LogP contribution in [0.3, 0.4) is 0 Å². The lowest BCUT2D eigenvalue weighted by Gasteiger charge is -2.17. The smallest absolute Gasteiger partial charge is 0.262 e. The van der Waals surface area contributed by atoms with Crippen molar-refractivity contribution in [3.05, 3.63) is 58.9 Å². The second-order valence-electron chi connectivity index (χ2n) is 9.38. The van der Waals surface area contributed by atoms with E-state index in [1.54, 1.807) is 48.5 Å². The summed E-state index contributed by atoms with van der Waals surface area (Å²) in [7, 11) is -0.344. The van der Waals surface area contributed by atoms with Gasteiger partial charge in [0.15, 0.2) is 15.7 Å². The van der Waals surface area contributed by atoms with Crippen LogP contribution in [0.1, 0.15) is 12.8 Å². The zero-order valence-electron chi connectivity index (χ0n) is 22.5. The quantitative estimate of drug-likeness (QED) is 0.310. The van der Waals surface area contributed by atoms with Gasteiger partial charge in [0.05, 0.1) is 24.6 Å². The van der Waals surface area contributed by atoms with Gasteiger partial charge in [-0.1, -0.05) is 12.1 Å². The van der Waals surface area contributed by atoms with Crippen LogP contribution in [-0.2, 0) is 9.84 Å². The average Bonchev–Trinajstić information content (AvgIpc) is 3.45. The topological polar surface area (TPSA) is 124 Å². The molecular formula is C28H31ClN4O6S. The van der Waals surface area contributed by atoms with Gasteiger partial charge in [-0.2, -0.15) is 0 Å². The van der Waals surface area contributed by atoms with E-state index in [0.717, 1.165) is 19.6 Å². The molecule has 212 valence electrons. The van der Waals surface area contributed by atoms with E-state index in [1.807, 2.05) is 0 Å². The van der Waals surface area contributed by atoms with E-state index < -0.39 is 9.84 Å². The van der Waals surface area contributed by atoms with Gasteiger partial charge >= 0.3 is 0 Å². The standard InChI is InChI=1S/C28H30N4O6S.ClH/c1-36-19-16-22-25(24(17-19)37-2)28(33)31-27(30-22)21-10-11-23(38-15-14-32-12-4-5-13-32)26(29-21)18-6-8-20(9-7-18)39(3,34)35;/h6-11,16-17H,4-5,12-15H2,1-3H3,(H,30,31,33);1H. The number of H-pyrrole nitrogens is 1. The average molecular weight is 587 g/mol. The zero-order valence-corrected chi connectivity index (χ0v) is 24.1. The summed E-state index contributed by atoms with van der Waals surface area (Å²) in [5.41, 5.74) is 1.63. The fraction of sp³-hybridized carbons (Fsp3) is 0.321. The molecule has 2 aromatic carbocycles. The number of methoxy groups -OCH3 is 2. The number of aromatic amines is 1. The first-order valence-electron chi connectivity index (χ1n) is 12.6. The Morgan fingerprint density at radius 3 is 2.33 bits per heavy atom. The van der Waals surface area contributed by atoms with Crippen molar-refractivity contribution in [3.63, 3.8) is 0 Å². The lowest BCUT2D eigenvalue weighted by molar-refractivity contribution is 0.238. The molecule has 0 unspecified atom stereocenters. The molecule has 1 aliphatic rings. The number of nitrogens with one attached hydrogen (secondary N) is 1. The van der Waals surface area contributed by atoms with E-state index >= 15 is 0 Å². The zero-order chi connectivity index (χ0) is 27.6. The number of benzene rings is 2. The van der Waals surface area contributed by atoms with Crippen LogP contribution in [0.5, 0.6) is 17.2 Å². The van der Waals surface area contributed by atoms with Crippen molar-refractivity contribution in [2.45, 2.75) is 17.7 Å². The number of ether oxygens (including phenoxy) is 3. The van der Waals surface area contributed by atoms with Crippen LogP contribution < -0.4 is 19.8 Å². The Labute approximate surface area is 238 Å². The van der Waals surface area contributed by atoms with E-state index in [4.69, 9.17) is 19.2 Å². The molecule has 0 amide bonds. The second-order valence-corrected chi connectivity index (χ2v) is 11.4. The third-order valence-electron chi connectivity index (χ3n) is 6.72. The predicted molar refractivity (Wildman–Crippen MR) is 156 cm³/mol. The van der Waals surface area contributed by atoms with Gasteiger partial charge in [0, 0.05) is 30.5 Å². The van der Waals surface area contributed by atoms with Crippen molar-refractivity contribution in [2.75, 3.05) is 46.7 Å². The Hall–Kier alpha value is -3.67. The van der Waals surface area contributed by atoms with Crippen LogP contribution in [0, 0.1) is 0 Å². The molecule has 0 atom stereocenters. The number of halogens is 1. The van der Waals surface area contributed by atoms with Crippen LogP contribution in [-0.4, -0.2) is 75.0 Å². The molecule has 0 radical (unpaired) electrons. The second kappa shape index (κ2) is 12.2. The fourth-order valence-electron chi connectivity index (χ4n) is 4.66.